The number of amides is 1. The molecule has 2 N–H and O–H groups in total. The van der Waals surface area contributed by atoms with Crippen LogP contribution in [-0.2, 0) is 24.2 Å². The number of fused-ring (bicyclic) bond motifs is 1. The Morgan fingerprint density at radius 3 is 2.52 bits per heavy atom. The molecular weight excluding hydrogens is 308 g/mol. The summed E-state index contributed by atoms with van der Waals surface area (Å²) in [6.07, 6.45) is 2.75. The predicted octanol–water partition coefficient (Wildman–Crippen LogP) is -0.546. The maximum atomic E-state index is 12.2. The SMILES string of the molecule is O=C(NCCCc1ccccc1)[C@@H]1Cc2ccccc2CN1.[Cl-]. The van der Waals surface area contributed by atoms with Crippen LogP contribution in [0.15, 0.2) is 54.6 Å². The fourth-order valence-electron chi connectivity index (χ4n) is 2.91. The summed E-state index contributed by atoms with van der Waals surface area (Å²) >= 11 is 0. The van der Waals surface area contributed by atoms with Crippen LogP contribution in [0.4, 0.5) is 0 Å². The quantitative estimate of drug-likeness (QED) is 0.723. The third-order valence-electron chi connectivity index (χ3n) is 4.18. The zero-order valence-corrected chi connectivity index (χ0v) is 13.9. The summed E-state index contributed by atoms with van der Waals surface area (Å²) in [6, 6.07) is 18.6. The van der Waals surface area contributed by atoms with Gasteiger partial charge in [-0.3, -0.25) is 4.79 Å². The van der Waals surface area contributed by atoms with E-state index in [1.165, 1.54) is 16.7 Å². The van der Waals surface area contributed by atoms with Crippen LogP contribution in [0.1, 0.15) is 23.1 Å². The largest absolute Gasteiger partial charge is 1.00 e. The molecule has 0 saturated heterocycles. The van der Waals surface area contributed by atoms with Gasteiger partial charge in [-0.05, 0) is 36.0 Å². The van der Waals surface area contributed by atoms with E-state index in [4.69, 9.17) is 0 Å². The summed E-state index contributed by atoms with van der Waals surface area (Å²) in [5.41, 5.74) is 3.91. The molecular formula is C19H22ClN2O-. The predicted molar refractivity (Wildman–Crippen MR) is 88.5 cm³/mol. The van der Waals surface area contributed by atoms with Gasteiger partial charge in [-0.1, -0.05) is 54.6 Å². The normalized spacial score (nSPS) is 16.1. The smallest absolute Gasteiger partial charge is 0.237 e. The highest BCUT2D eigenvalue weighted by Crippen LogP contribution is 2.16. The van der Waals surface area contributed by atoms with Gasteiger partial charge >= 0.3 is 0 Å². The van der Waals surface area contributed by atoms with E-state index in [0.717, 1.165) is 32.4 Å². The van der Waals surface area contributed by atoms with Gasteiger partial charge in [0.2, 0.25) is 5.91 Å². The molecule has 3 rings (SSSR count). The molecule has 0 aliphatic carbocycles. The lowest BCUT2D eigenvalue weighted by atomic mass is 9.95. The van der Waals surface area contributed by atoms with Crippen molar-refractivity contribution in [1.82, 2.24) is 10.6 Å². The number of hydrogen-bond donors (Lipinski definition) is 2. The Kier molecular flexibility index (Phi) is 6.63. The molecule has 0 saturated carbocycles. The summed E-state index contributed by atoms with van der Waals surface area (Å²) in [6.45, 7) is 1.51. The Labute approximate surface area is 143 Å². The van der Waals surface area contributed by atoms with Crippen LogP contribution in [0.5, 0.6) is 0 Å². The van der Waals surface area contributed by atoms with Gasteiger partial charge in [-0.2, -0.15) is 0 Å². The number of carbonyl (C=O) groups excluding carboxylic acids is 1. The van der Waals surface area contributed by atoms with Crippen molar-refractivity contribution in [2.75, 3.05) is 6.54 Å². The third-order valence-corrected chi connectivity index (χ3v) is 4.18. The van der Waals surface area contributed by atoms with Crippen LogP contribution in [0.2, 0.25) is 0 Å². The first-order chi connectivity index (χ1) is 10.8. The molecule has 2 aromatic rings. The average molecular weight is 330 g/mol. The van der Waals surface area contributed by atoms with E-state index in [-0.39, 0.29) is 24.4 Å². The molecule has 23 heavy (non-hydrogen) atoms. The van der Waals surface area contributed by atoms with Crippen molar-refractivity contribution in [2.24, 2.45) is 0 Å². The molecule has 3 nitrogen and oxygen atoms in total. The van der Waals surface area contributed by atoms with Crippen LogP contribution in [0.25, 0.3) is 0 Å². The van der Waals surface area contributed by atoms with E-state index in [2.05, 4.69) is 47.0 Å². The molecule has 1 heterocycles. The minimum atomic E-state index is -0.105. The maximum Gasteiger partial charge on any atom is 0.237 e. The summed E-state index contributed by atoms with van der Waals surface area (Å²) in [7, 11) is 0. The highest BCUT2D eigenvalue weighted by molar-refractivity contribution is 5.82. The Morgan fingerprint density at radius 2 is 1.74 bits per heavy atom. The molecule has 1 aliphatic heterocycles. The van der Waals surface area contributed by atoms with Crippen molar-refractivity contribution in [3.8, 4) is 0 Å². The highest BCUT2D eigenvalue weighted by atomic mass is 35.5. The summed E-state index contributed by atoms with van der Waals surface area (Å²) in [4.78, 5) is 12.2. The molecule has 0 fully saturated rings. The van der Waals surface area contributed by atoms with E-state index in [1.54, 1.807) is 0 Å². The minimum absolute atomic E-state index is 0. The molecule has 0 spiro atoms. The molecule has 1 atom stereocenters. The molecule has 0 aromatic heterocycles. The van der Waals surface area contributed by atoms with E-state index < -0.39 is 0 Å². The van der Waals surface area contributed by atoms with Crippen molar-refractivity contribution in [2.45, 2.75) is 31.8 Å². The van der Waals surface area contributed by atoms with Gasteiger partial charge < -0.3 is 23.0 Å². The second-order valence-electron chi connectivity index (χ2n) is 5.79. The Bertz CT molecular complexity index is 630. The van der Waals surface area contributed by atoms with Crippen LogP contribution in [0.3, 0.4) is 0 Å². The molecule has 0 unspecified atom stereocenters. The standard InChI is InChI=1S/C19H22N2O.ClH/c22-19(20-12-6-9-15-7-2-1-3-8-15)18-13-16-10-4-5-11-17(16)14-21-18;/h1-5,7-8,10-11,18,21H,6,9,12-14H2,(H,20,22);1H/p-1/t18-;/m0./s1. The zero-order valence-electron chi connectivity index (χ0n) is 13.1. The van der Waals surface area contributed by atoms with Crippen molar-refractivity contribution in [1.29, 1.82) is 0 Å². The van der Waals surface area contributed by atoms with Crippen LogP contribution in [-0.4, -0.2) is 18.5 Å². The van der Waals surface area contributed by atoms with Gasteiger partial charge in [-0.15, -0.1) is 0 Å². The van der Waals surface area contributed by atoms with Gasteiger partial charge in [-0.25, -0.2) is 0 Å². The first kappa shape index (κ1) is 17.5. The van der Waals surface area contributed by atoms with Gasteiger partial charge in [0.1, 0.15) is 0 Å². The first-order valence-corrected chi connectivity index (χ1v) is 7.95. The molecule has 122 valence electrons. The monoisotopic (exact) mass is 329 g/mol. The van der Waals surface area contributed by atoms with E-state index in [1.807, 2.05) is 18.2 Å². The summed E-state index contributed by atoms with van der Waals surface area (Å²) in [5.74, 6) is 0.113. The van der Waals surface area contributed by atoms with E-state index in [0.29, 0.717) is 0 Å². The van der Waals surface area contributed by atoms with E-state index >= 15 is 0 Å². The summed E-state index contributed by atoms with van der Waals surface area (Å²) in [5, 5.41) is 6.37. The maximum absolute atomic E-state index is 12.2. The number of benzene rings is 2. The molecule has 0 radical (unpaired) electrons. The Balaban J connectivity index is 0.00000192. The zero-order chi connectivity index (χ0) is 15.2. The van der Waals surface area contributed by atoms with Gasteiger partial charge in [0, 0.05) is 13.1 Å². The molecule has 1 aliphatic rings. The van der Waals surface area contributed by atoms with Gasteiger partial charge in [0.25, 0.3) is 0 Å². The van der Waals surface area contributed by atoms with Gasteiger partial charge in [0.15, 0.2) is 0 Å². The lowest BCUT2D eigenvalue weighted by Crippen LogP contribution is -3.00. The van der Waals surface area contributed by atoms with Crippen LogP contribution >= 0.6 is 0 Å². The fourth-order valence-corrected chi connectivity index (χ4v) is 2.91. The number of halogens is 1. The topological polar surface area (TPSA) is 41.1 Å². The Hall–Kier alpha value is -1.84. The molecule has 1 amide bonds. The average Bonchev–Trinajstić information content (AvgIpc) is 2.59. The molecule has 4 heteroatoms. The van der Waals surface area contributed by atoms with Crippen molar-refractivity contribution in [3.63, 3.8) is 0 Å². The third kappa shape index (κ3) is 4.81. The lowest BCUT2D eigenvalue weighted by molar-refractivity contribution is -0.123. The first-order valence-electron chi connectivity index (χ1n) is 7.95. The second-order valence-corrected chi connectivity index (χ2v) is 5.79. The Morgan fingerprint density at radius 1 is 1.04 bits per heavy atom. The second kappa shape index (κ2) is 8.70. The van der Waals surface area contributed by atoms with Crippen LogP contribution in [0, 0.1) is 0 Å². The number of hydrogen-bond acceptors (Lipinski definition) is 2. The lowest BCUT2D eigenvalue weighted by Gasteiger charge is -2.25. The number of nitrogens with one attached hydrogen (secondary N) is 2. The molecule has 0 bridgehead atoms. The minimum Gasteiger partial charge on any atom is -1.00 e. The van der Waals surface area contributed by atoms with Gasteiger partial charge in [0.05, 0.1) is 6.04 Å². The number of carbonyl (C=O) groups is 1. The number of rotatable bonds is 5. The highest BCUT2D eigenvalue weighted by Gasteiger charge is 2.23. The number of aryl methyl sites for hydroxylation is 1. The molecule has 2 aromatic carbocycles. The van der Waals surface area contributed by atoms with Crippen LogP contribution < -0.4 is 23.0 Å². The van der Waals surface area contributed by atoms with E-state index in [9.17, 15) is 4.79 Å². The van der Waals surface area contributed by atoms with Crippen molar-refractivity contribution in [3.05, 3.63) is 71.3 Å². The van der Waals surface area contributed by atoms with Crippen molar-refractivity contribution < 1.29 is 17.2 Å². The fraction of sp³-hybridized carbons (Fsp3) is 0.316. The summed E-state index contributed by atoms with van der Waals surface area (Å²) < 4.78 is 0. The van der Waals surface area contributed by atoms with Crippen molar-refractivity contribution >= 4 is 5.91 Å².